The zero-order chi connectivity index (χ0) is 22.7. The largest absolute Gasteiger partial charge is 0.281 e. The highest BCUT2D eigenvalue weighted by molar-refractivity contribution is 7.91. The van der Waals surface area contributed by atoms with Crippen LogP contribution in [0.2, 0.25) is 0 Å². The summed E-state index contributed by atoms with van der Waals surface area (Å²) in [6, 6.07) is 18.3. The highest BCUT2D eigenvalue weighted by Crippen LogP contribution is 2.33. The van der Waals surface area contributed by atoms with Crippen LogP contribution in [0.15, 0.2) is 66.9 Å². The predicted molar refractivity (Wildman–Crippen MR) is 128 cm³/mol. The maximum atomic E-state index is 13.3. The number of carbonyl (C=O) groups is 1. The van der Waals surface area contributed by atoms with Crippen LogP contribution in [0.25, 0.3) is 10.2 Å². The lowest BCUT2D eigenvalue weighted by atomic mass is 10.1. The molecule has 0 saturated heterocycles. The first kappa shape index (κ1) is 22.1. The van der Waals surface area contributed by atoms with Gasteiger partial charge in [0.15, 0.2) is 15.0 Å². The van der Waals surface area contributed by atoms with Gasteiger partial charge in [-0.15, -0.1) is 0 Å². The van der Waals surface area contributed by atoms with Crippen LogP contribution in [0, 0.1) is 13.8 Å². The quantitative estimate of drug-likeness (QED) is 0.403. The van der Waals surface area contributed by atoms with Crippen LogP contribution in [0.1, 0.15) is 22.4 Å². The molecule has 0 bridgehead atoms. The van der Waals surface area contributed by atoms with Crippen LogP contribution in [-0.4, -0.2) is 30.0 Å². The van der Waals surface area contributed by atoms with Gasteiger partial charge in [-0.2, -0.15) is 0 Å². The molecule has 0 saturated carbocycles. The molecule has 0 spiro atoms. The summed E-state index contributed by atoms with van der Waals surface area (Å²) in [7, 11) is -3.66. The molecule has 2 aromatic carbocycles. The van der Waals surface area contributed by atoms with E-state index in [4.69, 9.17) is 4.98 Å². The van der Waals surface area contributed by atoms with Gasteiger partial charge in [-0.1, -0.05) is 59.9 Å². The van der Waals surface area contributed by atoms with Gasteiger partial charge in [-0.05, 0) is 42.7 Å². The Morgan fingerprint density at radius 3 is 2.38 bits per heavy atom. The average molecular weight is 466 g/mol. The van der Waals surface area contributed by atoms with Crippen molar-refractivity contribution in [1.29, 1.82) is 0 Å². The van der Waals surface area contributed by atoms with Gasteiger partial charge >= 0.3 is 0 Å². The number of aromatic nitrogens is 2. The van der Waals surface area contributed by atoms with Crippen LogP contribution in [0.3, 0.4) is 0 Å². The third-order valence-electron chi connectivity index (χ3n) is 5.08. The summed E-state index contributed by atoms with van der Waals surface area (Å²) < 4.78 is 26.6. The molecule has 2 heterocycles. The average Bonchev–Trinajstić information content (AvgIpc) is 3.22. The lowest BCUT2D eigenvalue weighted by Gasteiger charge is -2.19. The van der Waals surface area contributed by atoms with E-state index in [2.05, 4.69) is 4.98 Å². The summed E-state index contributed by atoms with van der Waals surface area (Å²) >= 11 is 1.40. The Balaban J connectivity index is 1.67. The molecular weight excluding hydrogens is 442 g/mol. The number of carbonyl (C=O) groups excluding carboxylic acids is 1. The van der Waals surface area contributed by atoms with E-state index in [1.807, 2.05) is 44.2 Å². The van der Waals surface area contributed by atoms with E-state index in [9.17, 15) is 13.2 Å². The van der Waals surface area contributed by atoms with Crippen LogP contribution in [0.4, 0.5) is 5.13 Å². The molecule has 0 atom stereocenters. The van der Waals surface area contributed by atoms with Crippen LogP contribution in [0.5, 0.6) is 0 Å². The zero-order valence-corrected chi connectivity index (χ0v) is 19.5. The monoisotopic (exact) mass is 465 g/mol. The Bertz CT molecular complexity index is 1310. The van der Waals surface area contributed by atoms with E-state index >= 15 is 0 Å². The molecular formula is C24H23N3O3S2. The molecule has 0 N–H and O–H groups in total. The lowest BCUT2D eigenvalue weighted by molar-refractivity contribution is -0.116. The lowest BCUT2D eigenvalue weighted by Crippen LogP contribution is -2.36. The number of hydrogen-bond acceptors (Lipinski definition) is 6. The topological polar surface area (TPSA) is 80.2 Å². The van der Waals surface area contributed by atoms with Gasteiger partial charge in [0.25, 0.3) is 0 Å². The van der Waals surface area contributed by atoms with Crippen molar-refractivity contribution in [3.8, 4) is 0 Å². The van der Waals surface area contributed by atoms with Crippen molar-refractivity contribution in [2.75, 3.05) is 10.7 Å². The van der Waals surface area contributed by atoms with Crippen molar-refractivity contribution >= 4 is 42.4 Å². The molecule has 8 heteroatoms. The minimum atomic E-state index is -3.66. The number of rotatable bonds is 7. The number of benzene rings is 2. The molecule has 4 rings (SSSR count). The number of amides is 1. The van der Waals surface area contributed by atoms with Gasteiger partial charge in [0.1, 0.15) is 5.75 Å². The fraction of sp³-hybridized carbons (Fsp3) is 0.208. The third-order valence-corrected chi connectivity index (χ3v) is 7.76. The number of fused-ring (bicyclic) bond motifs is 1. The van der Waals surface area contributed by atoms with Crippen LogP contribution < -0.4 is 4.90 Å². The Morgan fingerprint density at radius 2 is 1.69 bits per heavy atom. The molecule has 0 fully saturated rings. The standard InChI is InChI=1S/C24H23N3O3S2/c1-17-11-12-18(2)23-22(17)26-24(31-23)27(14-20-10-6-7-13-25-20)21(28)16-32(29,30)15-19-8-4-3-5-9-19/h3-13H,14-16H2,1-2H3. The van der Waals surface area contributed by atoms with E-state index in [0.29, 0.717) is 16.4 Å². The second-order valence-corrected chi connectivity index (χ2v) is 10.7. The van der Waals surface area contributed by atoms with Gasteiger partial charge < -0.3 is 0 Å². The smallest absolute Gasteiger partial charge is 0.244 e. The molecule has 0 aliphatic carbocycles. The highest BCUT2D eigenvalue weighted by Gasteiger charge is 2.26. The minimum absolute atomic E-state index is 0.151. The van der Waals surface area contributed by atoms with E-state index in [0.717, 1.165) is 21.3 Å². The molecule has 4 aromatic rings. The highest BCUT2D eigenvalue weighted by atomic mass is 32.2. The number of nitrogens with zero attached hydrogens (tertiary/aromatic N) is 3. The van der Waals surface area contributed by atoms with Crippen molar-refractivity contribution < 1.29 is 13.2 Å². The number of thiazole rings is 1. The van der Waals surface area contributed by atoms with Crippen LogP contribution >= 0.6 is 11.3 Å². The number of aryl methyl sites for hydroxylation is 2. The summed E-state index contributed by atoms with van der Waals surface area (Å²) in [4.78, 5) is 23.7. The normalized spacial score (nSPS) is 11.6. The van der Waals surface area contributed by atoms with Crippen LogP contribution in [-0.2, 0) is 26.9 Å². The first-order valence-electron chi connectivity index (χ1n) is 10.1. The maximum absolute atomic E-state index is 13.3. The summed E-state index contributed by atoms with van der Waals surface area (Å²) in [6.45, 7) is 4.12. The Hall–Kier alpha value is -3.10. The molecule has 164 valence electrons. The first-order valence-corrected chi connectivity index (χ1v) is 12.8. The molecule has 32 heavy (non-hydrogen) atoms. The van der Waals surface area contributed by atoms with E-state index in [1.54, 1.807) is 36.5 Å². The molecule has 0 unspecified atom stereocenters. The molecule has 0 aliphatic heterocycles. The van der Waals surface area contributed by atoms with Crippen molar-refractivity contribution in [2.24, 2.45) is 0 Å². The van der Waals surface area contributed by atoms with Gasteiger partial charge in [-0.25, -0.2) is 13.4 Å². The van der Waals surface area contributed by atoms with Gasteiger partial charge in [0.2, 0.25) is 5.91 Å². The minimum Gasteiger partial charge on any atom is -0.281 e. The predicted octanol–water partition coefficient (Wildman–Crippen LogP) is 4.46. The van der Waals surface area contributed by atoms with Crippen molar-refractivity contribution in [2.45, 2.75) is 26.1 Å². The second-order valence-electron chi connectivity index (χ2n) is 7.69. The van der Waals surface area contributed by atoms with E-state index < -0.39 is 21.5 Å². The second kappa shape index (κ2) is 9.18. The molecule has 6 nitrogen and oxygen atoms in total. The maximum Gasteiger partial charge on any atom is 0.244 e. The van der Waals surface area contributed by atoms with Gasteiger partial charge in [0, 0.05) is 6.20 Å². The SMILES string of the molecule is Cc1ccc(C)c2sc(N(Cc3ccccn3)C(=O)CS(=O)(=O)Cc3ccccc3)nc12. The fourth-order valence-electron chi connectivity index (χ4n) is 3.42. The molecule has 0 aliphatic rings. The van der Waals surface area contributed by atoms with Crippen molar-refractivity contribution in [1.82, 2.24) is 9.97 Å². The Kier molecular flexibility index (Phi) is 6.34. The summed E-state index contributed by atoms with van der Waals surface area (Å²) in [5.41, 5.74) is 4.22. The van der Waals surface area contributed by atoms with Crippen molar-refractivity contribution in [3.63, 3.8) is 0 Å². The molecule has 1 amide bonds. The Morgan fingerprint density at radius 1 is 0.969 bits per heavy atom. The molecule has 0 radical (unpaired) electrons. The number of anilines is 1. The van der Waals surface area contributed by atoms with E-state index in [-0.39, 0.29) is 12.3 Å². The summed E-state index contributed by atoms with van der Waals surface area (Å²) in [5.74, 6) is -1.29. The number of sulfone groups is 1. The third kappa shape index (κ3) is 5.03. The summed E-state index contributed by atoms with van der Waals surface area (Å²) in [5, 5.41) is 0.475. The fourth-order valence-corrected chi connectivity index (χ4v) is 5.89. The Labute approximate surface area is 191 Å². The number of pyridine rings is 1. The van der Waals surface area contributed by atoms with Gasteiger partial charge in [0.05, 0.1) is 28.2 Å². The van der Waals surface area contributed by atoms with Gasteiger partial charge in [-0.3, -0.25) is 14.7 Å². The van der Waals surface area contributed by atoms with Crippen molar-refractivity contribution in [3.05, 3.63) is 89.2 Å². The summed E-state index contributed by atoms with van der Waals surface area (Å²) in [6.07, 6.45) is 1.65. The first-order chi connectivity index (χ1) is 15.3. The number of hydrogen-bond donors (Lipinski definition) is 0. The molecule has 2 aromatic heterocycles. The zero-order valence-electron chi connectivity index (χ0n) is 17.9. The van der Waals surface area contributed by atoms with E-state index in [1.165, 1.54) is 16.2 Å².